The number of aliphatic hydroxyl groups is 3. The number of allylic oxidation sites excluding steroid dienone is 1. The van der Waals surface area contributed by atoms with Crippen molar-refractivity contribution < 1.29 is 34.0 Å². The average Bonchev–Trinajstić information content (AvgIpc) is 3.74. The molecule has 0 aromatic rings. The summed E-state index contributed by atoms with van der Waals surface area (Å²) in [5.41, 5.74) is 2.28. The van der Waals surface area contributed by atoms with Crippen molar-refractivity contribution in [3.8, 4) is 0 Å². The molecule has 0 unspecified atom stereocenters. The summed E-state index contributed by atoms with van der Waals surface area (Å²) in [6.07, 6.45) is 22.8. The second kappa shape index (κ2) is 20.0. The zero-order valence-electron chi connectivity index (χ0n) is 43.0. The highest BCUT2D eigenvalue weighted by Gasteiger charge is 2.62. The molecule has 7 aliphatic carbocycles. The molecule has 3 spiro atoms. The molecule has 0 aromatic carbocycles. The van der Waals surface area contributed by atoms with E-state index in [9.17, 15) is 20.1 Å². The maximum Gasteiger partial charge on any atom is 0.200 e. The molecule has 0 saturated heterocycles. The van der Waals surface area contributed by atoms with E-state index in [0.29, 0.717) is 83.8 Å². The van der Waals surface area contributed by atoms with Gasteiger partial charge in [-0.1, -0.05) is 81.2 Å². The van der Waals surface area contributed by atoms with Crippen LogP contribution < -0.4 is 0 Å². The van der Waals surface area contributed by atoms with Gasteiger partial charge >= 0.3 is 0 Å². The number of methoxy groups -OCH3 is 1. The van der Waals surface area contributed by atoms with Crippen molar-refractivity contribution in [2.24, 2.45) is 69.0 Å². The SMILES string of the molecule is COCOCC1=C[C@@H]2[C@@H]3C[C@@]4(C[C@H]5CCC[C@@]6(CC[C@]7(C[C@H](CC[C@@]7(C)O)CC(=O)CCC[C@@H](O)[C@@]2(C[C@H](C)[C@@H](C)CO[Si](C(C)C)(C(C)C)C(C)C)CC1)C6)C5)C[C@H]3[C@H](O)[C@H](C)C4. The van der Waals surface area contributed by atoms with Gasteiger partial charge in [0.15, 0.2) is 8.32 Å². The van der Waals surface area contributed by atoms with E-state index in [1.54, 1.807) is 7.11 Å². The summed E-state index contributed by atoms with van der Waals surface area (Å²) in [7, 11) is -0.373. The number of carbonyl (C=O) groups is 1. The lowest BCUT2D eigenvalue weighted by Crippen LogP contribution is -2.50. The number of rotatable bonds is 13. The van der Waals surface area contributed by atoms with Gasteiger partial charge in [-0.05, 0) is 202 Å². The van der Waals surface area contributed by atoms with Crippen molar-refractivity contribution in [2.45, 2.75) is 239 Å². The van der Waals surface area contributed by atoms with Crippen molar-refractivity contribution >= 4 is 14.1 Å². The molecule has 7 nitrogen and oxygen atoms in total. The molecule has 7 rings (SSSR count). The molecule has 368 valence electrons. The standard InChI is InChI=1S/C56H98O7Si/c1-37(2)64(38(3)4,39(5)6)63-33-42(9)40(7)27-56-21-18-44(34-62-36-61-11)25-49(56)47-31-54(26-41(8)51(59)48(47)32-54)29-45-14-13-19-53(28-45)22-23-55(35-53)30-43(17-20-52(55,10)60)24-46(57)15-12-16-50(56)58/h25,37-43,45,47-51,58-60H,12-24,26-36H2,1-11H3/t40-,41+,42-,43+,45-,47+,48+,49+,50+,51+,52+,53+,54+,55-,56+/m0/s1. The Kier molecular flexibility index (Phi) is 16.0. The quantitative estimate of drug-likeness (QED) is 0.0731. The van der Waals surface area contributed by atoms with Gasteiger partial charge in [0.05, 0.1) is 24.4 Å². The van der Waals surface area contributed by atoms with Crippen LogP contribution in [0.4, 0.5) is 0 Å². The molecule has 6 fully saturated rings. The van der Waals surface area contributed by atoms with Gasteiger partial charge < -0.3 is 29.2 Å². The van der Waals surface area contributed by atoms with Crippen LogP contribution in [0.1, 0.15) is 204 Å². The summed E-state index contributed by atoms with van der Waals surface area (Å²) in [5, 5.41) is 37.7. The number of ether oxygens (including phenoxy) is 2. The molecule has 0 heterocycles. The van der Waals surface area contributed by atoms with Gasteiger partial charge in [-0.3, -0.25) is 4.79 Å². The first-order chi connectivity index (χ1) is 30.1. The normalized spacial score (nSPS) is 43.1. The molecule has 7 bridgehead atoms. The predicted molar refractivity (Wildman–Crippen MR) is 262 cm³/mol. The van der Waals surface area contributed by atoms with Gasteiger partial charge in [-0.25, -0.2) is 0 Å². The topological polar surface area (TPSA) is 105 Å². The highest BCUT2D eigenvalue weighted by Crippen LogP contribution is 2.69. The Balaban J connectivity index is 1.26. The molecule has 0 aromatic heterocycles. The zero-order chi connectivity index (χ0) is 46.5. The highest BCUT2D eigenvalue weighted by atomic mass is 28.4. The van der Waals surface area contributed by atoms with Crippen molar-refractivity contribution in [1.29, 1.82) is 0 Å². The molecule has 3 N–H and O–H groups in total. The number of fused-ring (bicyclic) bond motifs is 7. The third-order valence-electron chi connectivity index (χ3n) is 21.2. The molecule has 6 saturated carbocycles. The van der Waals surface area contributed by atoms with E-state index in [1.165, 1.54) is 44.1 Å². The largest absolute Gasteiger partial charge is 0.416 e. The van der Waals surface area contributed by atoms with E-state index in [0.717, 1.165) is 77.2 Å². The minimum Gasteiger partial charge on any atom is -0.416 e. The Hall–Kier alpha value is -0.613. The Morgan fingerprint density at radius 2 is 1.47 bits per heavy atom. The zero-order valence-corrected chi connectivity index (χ0v) is 44.0. The molecule has 0 aliphatic heterocycles. The van der Waals surface area contributed by atoms with E-state index < -0.39 is 20.0 Å². The molecular formula is C56H98O7Si. The molecular weight excluding hydrogens is 813 g/mol. The van der Waals surface area contributed by atoms with Crippen LogP contribution in [0.25, 0.3) is 0 Å². The maximum atomic E-state index is 14.0. The second-order valence-corrected chi connectivity index (χ2v) is 31.7. The van der Waals surface area contributed by atoms with Crippen LogP contribution in [-0.4, -0.2) is 74.3 Å². The van der Waals surface area contributed by atoms with Crippen LogP contribution in [-0.2, 0) is 18.7 Å². The monoisotopic (exact) mass is 911 g/mol. The average molecular weight is 911 g/mol. The minimum absolute atomic E-state index is 0.0809. The van der Waals surface area contributed by atoms with E-state index in [2.05, 4.69) is 75.3 Å². The predicted octanol–water partition coefficient (Wildman–Crippen LogP) is 13.0. The summed E-state index contributed by atoms with van der Waals surface area (Å²) in [6, 6.07) is 0. The first kappa shape index (κ1) is 51.2. The third-order valence-corrected chi connectivity index (χ3v) is 27.2. The van der Waals surface area contributed by atoms with Gasteiger partial charge in [0.2, 0.25) is 0 Å². The lowest BCUT2D eigenvalue weighted by atomic mass is 9.54. The maximum absolute atomic E-state index is 14.0. The Labute approximate surface area is 392 Å². The van der Waals surface area contributed by atoms with Crippen molar-refractivity contribution in [1.82, 2.24) is 0 Å². The summed E-state index contributed by atoms with van der Waals surface area (Å²) < 4.78 is 18.7. The second-order valence-electron chi connectivity index (χ2n) is 26.2. The summed E-state index contributed by atoms with van der Waals surface area (Å²) in [4.78, 5) is 14.0. The van der Waals surface area contributed by atoms with E-state index >= 15 is 0 Å². The molecule has 7 aliphatic rings. The van der Waals surface area contributed by atoms with Crippen LogP contribution in [0, 0.1) is 69.0 Å². The fourth-order valence-electron chi connectivity index (χ4n) is 18.1. The number of Topliss-reactive ketones (excluding diaryl/α,β-unsaturated/α-hetero) is 1. The van der Waals surface area contributed by atoms with Crippen molar-refractivity contribution in [2.75, 3.05) is 27.1 Å². The van der Waals surface area contributed by atoms with Gasteiger partial charge in [0.1, 0.15) is 12.6 Å². The number of hydrogen-bond donors (Lipinski definition) is 3. The van der Waals surface area contributed by atoms with E-state index in [-0.39, 0.29) is 52.8 Å². The molecule has 0 radical (unpaired) electrons. The van der Waals surface area contributed by atoms with Crippen LogP contribution in [0.5, 0.6) is 0 Å². The smallest absolute Gasteiger partial charge is 0.200 e. The lowest BCUT2D eigenvalue weighted by Gasteiger charge is -2.52. The fraction of sp³-hybridized carbons (Fsp3) is 0.946. The number of carbonyl (C=O) groups excluding carboxylic acids is 1. The van der Waals surface area contributed by atoms with Crippen molar-refractivity contribution in [3.05, 3.63) is 11.6 Å². The summed E-state index contributed by atoms with van der Waals surface area (Å²) in [5.74, 6) is 2.87. The first-order valence-electron chi connectivity index (χ1n) is 27.2. The molecule has 64 heavy (non-hydrogen) atoms. The molecule has 0 amide bonds. The highest BCUT2D eigenvalue weighted by molar-refractivity contribution is 6.77. The lowest BCUT2D eigenvalue weighted by molar-refractivity contribution is -0.131. The van der Waals surface area contributed by atoms with Gasteiger partial charge in [-0.2, -0.15) is 0 Å². The molecule has 15 atom stereocenters. The van der Waals surface area contributed by atoms with Crippen LogP contribution >= 0.6 is 0 Å². The number of ketones is 1. The Morgan fingerprint density at radius 3 is 2.17 bits per heavy atom. The van der Waals surface area contributed by atoms with E-state index in [1.807, 2.05) is 0 Å². The van der Waals surface area contributed by atoms with Crippen LogP contribution in [0.2, 0.25) is 16.6 Å². The fourth-order valence-corrected chi connectivity index (χ4v) is 23.6. The van der Waals surface area contributed by atoms with Gasteiger partial charge in [-0.15, -0.1) is 0 Å². The number of aliphatic hydroxyl groups excluding tert-OH is 2. The molecule has 8 heteroatoms. The minimum atomic E-state index is -2.06. The first-order valence-corrected chi connectivity index (χ1v) is 29.3. The van der Waals surface area contributed by atoms with Crippen molar-refractivity contribution in [3.63, 3.8) is 0 Å². The van der Waals surface area contributed by atoms with Gasteiger partial charge in [0, 0.05) is 32.0 Å². The third kappa shape index (κ3) is 9.90. The Morgan fingerprint density at radius 1 is 0.766 bits per heavy atom. The van der Waals surface area contributed by atoms with Gasteiger partial charge in [0.25, 0.3) is 0 Å². The van der Waals surface area contributed by atoms with Crippen LogP contribution in [0.3, 0.4) is 0 Å². The summed E-state index contributed by atoms with van der Waals surface area (Å²) >= 11 is 0. The Bertz CT molecular complexity index is 1590. The summed E-state index contributed by atoms with van der Waals surface area (Å²) in [6.45, 7) is 25.1. The van der Waals surface area contributed by atoms with Crippen LogP contribution in [0.15, 0.2) is 11.6 Å². The number of hydrogen-bond acceptors (Lipinski definition) is 7. The van der Waals surface area contributed by atoms with E-state index in [4.69, 9.17) is 13.9 Å².